The number of hydrogen-bond donors (Lipinski definition) is 2. The maximum Gasteiger partial charge on any atom is 0.225 e. The summed E-state index contributed by atoms with van der Waals surface area (Å²) in [5.74, 6) is 1.35. The highest BCUT2D eigenvalue weighted by atomic mass is 16.2. The Morgan fingerprint density at radius 2 is 2.00 bits per heavy atom. The molecule has 2 saturated carbocycles. The van der Waals surface area contributed by atoms with E-state index in [9.17, 15) is 4.79 Å². The molecule has 2 aliphatic carbocycles. The number of nitrogens with two attached hydrogens (primary N) is 1. The number of carbonyl (C=O) groups is 1. The van der Waals surface area contributed by atoms with Crippen LogP contribution in [-0.2, 0) is 11.2 Å². The van der Waals surface area contributed by atoms with Crippen LogP contribution in [0.1, 0.15) is 38.2 Å². The zero-order valence-electron chi connectivity index (χ0n) is 12.8. The first-order chi connectivity index (χ1) is 10.2. The van der Waals surface area contributed by atoms with Crippen molar-refractivity contribution >= 4 is 5.91 Å². The summed E-state index contributed by atoms with van der Waals surface area (Å²) in [6, 6.07) is 10.7. The number of amides is 1. The Morgan fingerprint density at radius 1 is 1.29 bits per heavy atom. The highest BCUT2D eigenvalue weighted by molar-refractivity contribution is 5.80. The first kappa shape index (κ1) is 14.6. The van der Waals surface area contributed by atoms with Gasteiger partial charge in [0.1, 0.15) is 0 Å². The number of nitrogens with one attached hydrogen (secondary N) is 1. The summed E-state index contributed by atoms with van der Waals surface area (Å²) in [6.45, 7) is 2.13. The van der Waals surface area contributed by atoms with Gasteiger partial charge in [-0.1, -0.05) is 37.3 Å². The van der Waals surface area contributed by atoms with Crippen molar-refractivity contribution in [2.24, 2.45) is 23.5 Å². The number of fused-ring (bicyclic) bond motifs is 2. The van der Waals surface area contributed by atoms with Crippen molar-refractivity contribution in [3.05, 3.63) is 35.9 Å². The normalized spacial score (nSPS) is 32.1. The molecule has 0 aliphatic heterocycles. The third-order valence-corrected chi connectivity index (χ3v) is 5.45. The summed E-state index contributed by atoms with van der Waals surface area (Å²) >= 11 is 0. The fraction of sp³-hybridized carbons (Fsp3) is 0.611. The summed E-state index contributed by atoms with van der Waals surface area (Å²) in [7, 11) is 0. The zero-order chi connectivity index (χ0) is 14.8. The molecule has 3 heteroatoms. The lowest BCUT2D eigenvalue weighted by atomic mass is 9.84. The lowest BCUT2D eigenvalue weighted by molar-refractivity contribution is -0.127. The maximum atomic E-state index is 12.6. The Morgan fingerprint density at radius 3 is 2.62 bits per heavy atom. The van der Waals surface area contributed by atoms with Gasteiger partial charge in [0, 0.05) is 12.1 Å². The van der Waals surface area contributed by atoms with E-state index in [0.29, 0.717) is 11.8 Å². The van der Waals surface area contributed by atoms with Crippen LogP contribution in [0.25, 0.3) is 0 Å². The van der Waals surface area contributed by atoms with E-state index in [0.717, 1.165) is 19.3 Å². The van der Waals surface area contributed by atoms with E-state index in [1.54, 1.807) is 0 Å². The summed E-state index contributed by atoms with van der Waals surface area (Å²) in [5, 5.41) is 3.25. The molecular formula is C18H26N2O. The molecule has 0 radical (unpaired) electrons. The Bertz CT molecular complexity index is 485. The van der Waals surface area contributed by atoms with E-state index in [-0.39, 0.29) is 23.9 Å². The Labute approximate surface area is 127 Å². The largest absolute Gasteiger partial charge is 0.353 e. The second-order valence-electron chi connectivity index (χ2n) is 6.74. The quantitative estimate of drug-likeness (QED) is 0.874. The van der Waals surface area contributed by atoms with Gasteiger partial charge in [0.05, 0.1) is 5.92 Å². The first-order valence-electron chi connectivity index (χ1n) is 8.29. The molecule has 3 rings (SSSR count). The summed E-state index contributed by atoms with van der Waals surface area (Å²) in [4.78, 5) is 12.6. The fourth-order valence-electron chi connectivity index (χ4n) is 4.22. The molecule has 2 bridgehead atoms. The number of hydrogen-bond acceptors (Lipinski definition) is 2. The van der Waals surface area contributed by atoms with E-state index in [4.69, 9.17) is 5.73 Å². The molecule has 1 aromatic rings. The van der Waals surface area contributed by atoms with Crippen molar-refractivity contribution in [2.75, 3.05) is 0 Å². The van der Waals surface area contributed by atoms with Crippen molar-refractivity contribution in [1.29, 1.82) is 0 Å². The Kier molecular flexibility index (Phi) is 4.29. The lowest BCUT2D eigenvalue weighted by Crippen LogP contribution is -2.48. The van der Waals surface area contributed by atoms with E-state index >= 15 is 0 Å². The van der Waals surface area contributed by atoms with Crippen molar-refractivity contribution in [3.63, 3.8) is 0 Å². The van der Waals surface area contributed by atoms with Crippen molar-refractivity contribution < 1.29 is 4.79 Å². The molecule has 1 aromatic carbocycles. The van der Waals surface area contributed by atoms with E-state index in [2.05, 4.69) is 36.5 Å². The van der Waals surface area contributed by atoms with E-state index in [1.165, 1.54) is 18.4 Å². The van der Waals surface area contributed by atoms with Crippen LogP contribution in [0.2, 0.25) is 0 Å². The van der Waals surface area contributed by atoms with Gasteiger partial charge in [0.15, 0.2) is 0 Å². The molecule has 0 aromatic heterocycles. The molecular weight excluding hydrogens is 260 g/mol. The van der Waals surface area contributed by atoms with Crippen LogP contribution in [0.3, 0.4) is 0 Å². The minimum atomic E-state index is 0.0496. The molecule has 0 saturated heterocycles. The molecule has 1 amide bonds. The van der Waals surface area contributed by atoms with Gasteiger partial charge >= 0.3 is 0 Å². The smallest absolute Gasteiger partial charge is 0.225 e. The van der Waals surface area contributed by atoms with Gasteiger partial charge < -0.3 is 11.1 Å². The van der Waals surface area contributed by atoms with Gasteiger partial charge in [0.25, 0.3) is 0 Å². The minimum absolute atomic E-state index is 0.0496. The lowest BCUT2D eigenvalue weighted by Gasteiger charge is -2.29. The SMILES string of the molecule is CCC(Cc1ccccc1)NC(=O)C1C2CCC(C2)C1N. The fourth-order valence-corrected chi connectivity index (χ4v) is 4.22. The van der Waals surface area contributed by atoms with Crippen LogP contribution in [0.4, 0.5) is 0 Å². The van der Waals surface area contributed by atoms with Crippen LogP contribution in [0.15, 0.2) is 30.3 Å². The predicted molar refractivity (Wildman–Crippen MR) is 84.7 cm³/mol. The highest BCUT2D eigenvalue weighted by Crippen LogP contribution is 2.47. The molecule has 114 valence electrons. The van der Waals surface area contributed by atoms with Crippen LogP contribution >= 0.6 is 0 Å². The van der Waals surface area contributed by atoms with Crippen LogP contribution in [-0.4, -0.2) is 18.0 Å². The molecule has 0 heterocycles. The number of benzene rings is 1. The monoisotopic (exact) mass is 286 g/mol. The Hall–Kier alpha value is -1.35. The van der Waals surface area contributed by atoms with Gasteiger partial charge in [-0.25, -0.2) is 0 Å². The minimum Gasteiger partial charge on any atom is -0.353 e. The van der Waals surface area contributed by atoms with Crippen LogP contribution < -0.4 is 11.1 Å². The number of rotatable bonds is 5. The molecule has 2 aliphatic rings. The zero-order valence-corrected chi connectivity index (χ0v) is 12.8. The van der Waals surface area contributed by atoms with Gasteiger partial charge in [-0.2, -0.15) is 0 Å². The molecule has 0 spiro atoms. The van der Waals surface area contributed by atoms with Crippen molar-refractivity contribution in [1.82, 2.24) is 5.32 Å². The second kappa shape index (κ2) is 6.18. The van der Waals surface area contributed by atoms with Gasteiger partial charge in [-0.3, -0.25) is 4.79 Å². The first-order valence-corrected chi connectivity index (χ1v) is 8.29. The van der Waals surface area contributed by atoms with E-state index in [1.807, 2.05) is 6.07 Å². The predicted octanol–water partition coefficient (Wildman–Crippen LogP) is 2.50. The average molecular weight is 286 g/mol. The van der Waals surface area contributed by atoms with Crippen molar-refractivity contribution in [3.8, 4) is 0 Å². The van der Waals surface area contributed by atoms with Gasteiger partial charge in [-0.15, -0.1) is 0 Å². The van der Waals surface area contributed by atoms with E-state index < -0.39 is 0 Å². The molecule has 3 nitrogen and oxygen atoms in total. The third kappa shape index (κ3) is 2.98. The number of carbonyl (C=O) groups excluding carboxylic acids is 1. The van der Waals surface area contributed by atoms with Crippen LogP contribution in [0, 0.1) is 17.8 Å². The van der Waals surface area contributed by atoms with Gasteiger partial charge in [0.2, 0.25) is 5.91 Å². The van der Waals surface area contributed by atoms with Gasteiger partial charge in [-0.05, 0) is 49.5 Å². The molecule has 21 heavy (non-hydrogen) atoms. The van der Waals surface area contributed by atoms with Crippen molar-refractivity contribution in [2.45, 2.75) is 51.1 Å². The summed E-state index contributed by atoms with van der Waals surface area (Å²) < 4.78 is 0. The van der Waals surface area contributed by atoms with Crippen LogP contribution in [0.5, 0.6) is 0 Å². The third-order valence-electron chi connectivity index (χ3n) is 5.45. The molecule has 5 atom stereocenters. The average Bonchev–Trinajstić information content (AvgIpc) is 3.08. The Balaban J connectivity index is 1.60. The molecule has 2 fully saturated rings. The molecule has 3 N–H and O–H groups in total. The standard InChI is InChI=1S/C18H26N2O/c1-2-15(10-12-6-4-3-5-7-12)20-18(21)16-13-8-9-14(11-13)17(16)19/h3-7,13-17H,2,8-11,19H2,1H3,(H,20,21). The second-order valence-corrected chi connectivity index (χ2v) is 6.74. The molecule has 5 unspecified atom stereocenters. The highest BCUT2D eigenvalue weighted by Gasteiger charge is 2.49. The maximum absolute atomic E-state index is 12.6. The summed E-state index contributed by atoms with van der Waals surface area (Å²) in [5.41, 5.74) is 7.55. The summed E-state index contributed by atoms with van der Waals surface area (Å²) in [6.07, 6.45) is 5.42. The topological polar surface area (TPSA) is 55.1 Å².